The van der Waals surface area contributed by atoms with Gasteiger partial charge >= 0.3 is 0 Å². The van der Waals surface area contributed by atoms with Gasteiger partial charge in [-0.15, -0.1) is 0 Å². The topological polar surface area (TPSA) is 63.0 Å². The molecule has 2 rings (SSSR count). The number of nitriles is 1. The van der Waals surface area contributed by atoms with E-state index in [4.69, 9.17) is 27.9 Å². The lowest BCUT2D eigenvalue weighted by molar-refractivity contribution is -0.125. The maximum absolute atomic E-state index is 12.4. The van der Waals surface area contributed by atoms with Crippen molar-refractivity contribution in [3.8, 4) is 11.8 Å². The van der Waals surface area contributed by atoms with Gasteiger partial charge in [-0.1, -0.05) is 35.3 Å². The number of benzene rings is 1. The number of carbonyl (C=O) groups excluding carboxylic acids is 1. The zero-order chi connectivity index (χ0) is 16.1. The van der Waals surface area contributed by atoms with Gasteiger partial charge in [-0.3, -0.25) is 9.78 Å². The lowest BCUT2D eigenvalue weighted by Gasteiger charge is -2.17. The molecule has 1 heterocycles. The minimum atomic E-state index is -0.992. The molecule has 0 spiro atoms. The summed E-state index contributed by atoms with van der Waals surface area (Å²) in [6, 6.07) is 11.9. The molecule has 0 bridgehead atoms. The highest BCUT2D eigenvalue weighted by molar-refractivity contribution is 6.42. The summed E-state index contributed by atoms with van der Waals surface area (Å²) < 4.78 is 5.55. The fraction of sp³-hybridized carbons (Fsp3) is 0.188. The summed E-state index contributed by atoms with van der Waals surface area (Å²) in [6.45, 7) is 1.56. The summed E-state index contributed by atoms with van der Waals surface area (Å²) >= 11 is 11.9. The number of nitrogens with zero attached hydrogens (tertiary/aromatic N) is 2. The number of ketones is 1. The molecule has 0 fully saturated rings. The number of carbonyl (C=O) groups is 1. The third-order valence-electron chi connectivity index (χ3n) is 3.02. The van der Waals surface area contributed by atoms with E-state index in [1.54, 1.807) is 43.3 Å². The van der Waals surface area contributed by atoms with E-state index in [-0.39, 0.29) is 5.02 Å². The van der Waals surface area contributed by atoms with Gasteiger partial charge in [0.05, 0.1) is 16.8 Å². The standard InChI is InChI=1S/C16H12Cl2N2O2/c1-10(22-14-7-4-5-12(17)15(14)18)16(21)11(9-19)13-6-2-3-8-20-13/h2-8,10-11H,1H3/t10-,11+/m0/s1. The van der Waals surface area contributed by atoms with E-state index in [0.29, 0.717) is 16.5 Å². The number of aromatic nitrogens is 1. The van der Waals surface area contributed by atoms with Crippen molar-refractivity contribution in [3.05, 3.63) is 58.3 Å². The Balaban J connectivity index is 2.18. The molecule has 4 nitrogen and oxygen atoms in total. The fourth-order valence-electron chi connectivity index (χ4n) is 1.88. The molecule has 2 aromatic rings. The van der Waals surface area contributed by atoms with Crippen molar-refractivity contribution in [2.24, 2.45) is 0 Å². The molecule has 22 heavy (non-hydrogen) atoms. The smallest absolute Gasteiger partial charge is 0.196 e. The van der Waals surface area contributed by atoms with Crippen molar-refractivity contribution < 1.29 is 9.53 Å². The highest BCUT2D eigenvalue weighted by Gasteiger charge is 2.28. The van der Waals surface area contributed by atoms with E-state index in [0.717, 1.165) is 0 Å². The van der Waals surface area contributed by atoms with Crippen molar-refractivity contribution in [2.75, 3.05) is 0 Å². The molecular weight excluding hydrogens is 323 g/mol. The Morgan fingerprint density at radius 3 is 2.68 bits per heavy atom. The number of halogens is 2. The third kappa shape index (κ3) is 3.56. The molecule has 0 aliphatic carbocycles. The van der Waals surface area contributed by atoms with E-state index < -0.39 is 17.8 Å². The summed E-state index contributed by atoms with van der Waals surface area (Å²) in [4.78, 5) is 16.5. The Morgan fingerprint density at radius 2 is 2.05 bits per heavy atom. The predicted molar refractivity (Wildman–Crippen MR) is 84.2 cm³/mol. The summed E-state index contributed by atoms with van der Waals surface area (Å²) in [5.74, 6) is -1.08. The average Bonchev–Trinajstić information content (AvgIpc) is 2.53. The average molecular weight is 335 g/mol. The van der Waals surface area contributed by atoms with E-state index in [9.17, 15) is 10.1 Å². The normalized spacial score (nSPS) is 13.0. The van der Waals surface area contributed by atoms with Crippen molar-refractivity contribution in [2.45, 2.75) is 18.9 Å². The summed E-state index contributed by atoms with van der Waals surface area (Å²) in [5.41, 5.74) is 0.391. The first-order chi connectivity index (χ1) is 10.5. The Kier molecular flexibility index (Phi) is 5.37. The molecule has 1 aromatic carbocycles. The van der Waals surface area contributed by atoms with Gasteiger partial charge in [-0.2, -0.15) is 5.26 Å². The Labute approximate surface area is 138 Å². The number of Topliss-reactive ketones (excluding diaryl/α,β-unsaturated/α-hetero) is 1. The third-order valence-corrected chi connectivity index (χ3v) is 3.82. The maximum Gasteiger partial charge on any atom is 0.196 e. The SMILES string of the molecule is C[C@H](Oc1cccc(Cl)c1Cl)C(=O)[C@H](C#N)c1ccccn1. The molecule has 0 aliphatic heterocycles. The Morgan fingerprint density at radius 1 is 1.27 bits per heavy atom. The van der Waals surface area contributed by atoms with E-state index in [2.05, 4.69) is 4.98 Å². The number of pyridine rings is 1. The van der Waals surface area contributed by atoms with Gasteiger partial charge in [0.25, 0.3) is 0 Å². The minimum Gasteiger partial charge on any atom is -0.481 e. The van der Waals surface area contributed by atoms with Crippen LogP contribution in [-0.4, -0.2) is 16.9 Å². The van der Waals surface area contributed by atoms with Crippen LogP contribution in [0.3, 0.4) is 0 Å². The maximum atomic E-state index is 12.4. The summed E-state index contributed by atoms with van der Waals surface area (Å²) in [6.07, 6.45) is 0.675. The molecule has 112 valence electrons. The van der Waals surface area contributed by atoms with Crippen molar-refractivity contribution in [1.82, 2.24) is 4.98 Å². The van der Waals surface area contributed by atoms with Crippen LogP contribution >= 0.6 is 23.2 Å². The molecule has 6 heteroatoms. The van der Waals surface area contributed by atoms with Crippen LogP contribution in [0.1, 0.15) is 18.5 Å². The molecule has 2 atom stereocenters. The number of hydrogen-bond acceptors (Lipinski definition) is 4. The van der Waals surface area contributed by atoms with Crippen LogP contribution in [0.5, 0.6) is 5.75 Å². The molecular formula is C16H12Cl2N2O2. The van der Waals surface area contributed by atoms with Crippen molar-refractivity contribution >= 4 is 29.0 Å². The highest BCUT2D eigenvalue weighted by Crippen LogP contribution is 2.32. The molecule has 0 radical (unpaired) electrons. The summed E-state index contributed by atoms with van der Waals surface area (Å²) in [7, 11) is 0. The summed E-state index contributed by atoms with van der Waals surface area (Å²) in [5, 5.41) is 9.82. The zero-order valence-corrected chi connectivity index (χ0v) is 13.2. The lowest BCUT2D eigenvalue weighted by atomic mass is 9.98. The first-order valence-corrected chi connectivity index (χ1v) is 7.25. The van der Waals surface area contributed by atoms with Crippen LogP contribution in [-0.2, 0) is 4.79 Å². The second kappa shape index (κ2) is 7.26. The molecule has 0 unspecified atom stereocenters. The molecule has 0 saturated carbocycles. The minimum absolute atomic E-state index is 0.232. The van der Waals surface area contributed by atoms with E-state index >= 15 is 0 Å². The van der Waals surface area contributed by atoms with Gasteiger partial charge in [-0.05, 0) is 31.2 Å². The van der Waals surface area contributed by atoms with Crippen LogP contribution in [0.2, 0.25) is 10.0 Å². The van der Waals surface area contributed by atoms with Crippen LogP contribution in [0, 0.1) is 11.3 Å². The highest BCUT2D eigenvalue weighted by atomic mass is 35.5. The molecule has 0 amide bonds. The second-order valence-corrected chi connectivity index (χ2v) is 5.32. The molecule has 0 saturated heterocycles. The molecule has 0 aliphatic rings. The van der Waals surface area contributed by atoms with Gasteiger partial charge in [0, 0.05) is 6.20 Å². The van der Waals surface area contributed by atoms with Crippen molar-refractivity contribution in [1.29, 1.82) is 5.26 Å². The fourth-order valence-corrected chi connectivity index (χ4v) is 2.22. The van der Waals surface area contributed by atoms with Gasteiger partial charge in [0.2, 0.25) is 0 Å². The lowest BCUT2D eigenvalue weighted by Crippen LogP contribution is -2.29. The number of ether oxygens (including phenoxy) is 1. The van der Waals surface area contributed by atoms with Gasteiger partial charge in [0.15, 0.2) is 17.8 Å². The van der Waals surface area contributed by atoms with Gasteiger partial charge < -0.3 is 4.74 Å². The predicted octanol–water partition coefficient (Wildman–Crippen LogP) is 4.03. The quantitative estimate of drug-likeness (QED) is 0.827. The number of hydrogen-bond donors (Lipinski definition) is 0. The molecule has 1 aromatic heterocycles. The zero-order valence-electron chi connectivity index (χ0n) is 11.7. The van der Waals surface area contributed by atoms with Crippen LogP contribution in [0.15, 0.2) is 42.6 Å². The van der Waals surface area contributed by atoms with Crippen LogP contribution in [0.4, 0.5) is 0 Å². The van der Waals surface area contributed by atoms with E-state index in [1.165, 1.54) is 6.20 Å². The van der Waals surface area contributed by atoms with E-state index in [1.807, 2.05) is 6.07 Å². The van der Waals surface area contributed by atoms with Gasteiger partial charge in [0.1, 0.15) is 10.8 Å². The Hall–Kier alpha value is -2.09. The Bertz CT molecular complexity index is 714. The largest absolute Gasteiger partial charge is 0.481 e. The van der Waals surface area contributed by atoms with Gasteiger partial charge in [-0.25, -0.2) is 0 Å². The monoisotopic (exact) mass is 334 g/mol. The van der Waals surface area contributed by atoms with Crippen molar-refractivity contribution in [3.63, 3.8) is 0 Å². The number of rotatable bonds is 5. The first-order valence-electron chi connectivity index (χ1n) is 6.49. The molecule has 0 N–H and O–H groups in total. The second-order valence-electron chi connectivity index (χ2n) is 4.53. The first kappa shape index (κ1) is 16.3. The van der Waals surface area contributed by atoms with Crippen LogP contribution < -0.4 is 4.74 Å². The van der Waals surface area contributed by atoms with Crippen LogP contribution in [0.25, 0.3) is 0 Å².